The average Bonchev–Trinajstić information content (AvgIpc) is 3.43. The lowest BCUT2D eigenvalue weighted by atomic mass is 10.0. The van der Waals surface area contributed by atoms with E-state index in [0.29, 0.717) is 37.2 Å². The van der Waals surface area contributed by atoms with Crippen LogP contribution in [-0.2, 0) is 9.59 Å². The molecule has 1 saturated carbocycles. The smallest absolute Gasteiger partial charge is 0.240 e. The molecule has 2 amide bonds. The molecule has 1 aliphatic heterocycles. The van der Waals surface area contributed by atoms with Gasteiger partial charge >= 0.3 is 0 Å². The monoisotopic (exact) mass is 326 g/mol. The molecule has 1 saturated heterocycles. The molecule has 24 heavy (non-hydrogen) atoms. The van der Waals surface area contributed by atoms with Crippen LogP contribution in [0.1, 0.15) is 25.3 Å². The van der Waals surface area contributed by atoms with Crippen molar-refractivity contribution in [2.45, 2.75) is 19.8 Å². The second-order valence-corrected chi connectivity index (χ2v) is 6.46. The number of carbonyl (C=O) groups is 2. The number of likely N-dealkylation sites (N-methyl/N-ethyl adjacent to an activating group) is 1. The van der Waals surface area contributed by atoms with Crippen LogP contribution in [0.4, 0.5) is 5.69 Å². The van der Waals surface area contributed by atoms with E-state index >= 15 is 0 Å². The SMILES string of the molecule is CCN1CCN(C(=O)C2(C(=O)Nc3cccc(C#N)c3)CC2)CC1. The summed E-state index contributed by atoms with van der Waals surface area (Å²) in [6.07, 6.45) is 1.20. The van der Waals surface area contributed by atoms with Gasteiger partial charge < -0.3 is 15.1 Å². The summed E-state index contributed by atoms with van der Waals surface area (Å²) < 4.78 is 0. The minimum atomic E-state index is -0.906. The number of nitriles is 1. The van der Waals surface area contributed by atoms with Crippen molar-refractivity contribution in [3.05, 3.63) is 29.8 Å². The predicted molar refractivity (Wildman–Crippen MR) is 90.1 cm³/mol. The van der Waals surface area contributed by atoms with Gasteiger partial charge in [-0.3, -0.25) is 9.59 Å². The van der Waals surface area contributed by atoms with Gasteiger partial charge in [0.15, 0.2) is 0 Å². The van der Waals surface area contributed by atoms with Crippen molar-refractivity contribution in [1.82, 2.24) is 9.80 Å². The number of piperazine rings is 1. The second-order valence-electron chi connectivity index (χ2n) is 6.46. The van der Waals surface area contributed by atoms with Crippen LogP contribution < -0.4 is 5.32 Å². The van der Waals surface area contributed by atoms with E-state index in [0.717, 1.165) is 19.6 Å². The van der Waals surface area contributed by atoms with Crippen molar-refractivity contribution in [3.63, 3.8) is 0 Å². The molecule has 6 heteroatoms. The van der Waals surface area contributed by atoms with Gasteiger partial charge in [-0.25, -0.2) is 0 Å². The number of rotatable bonds is 4. The van der Waals surface area contributed by atoms with Crippen molar-refractivity contribution in [3.8, 4) is 6.07 Å². The first-order valence-corrected chi connectivity index (χ1v) is 8.42. The van der Waals surface area contributed by atoms with Gasteiger partial charge in [-0.1, -0.05) is 13.0 Å². The van der Waals surface area contributed by atoms with Gasteiger partial charge in [0.25, 0.3) is 0 Å². The number of nitrogens with one attached hydrogen (secondary N) is 1. The number of amides is 2. The maximum Gasteiger partial charge on any atom is 0.240 e. The lowest BCUT2D eigenvalue weighted by Gasteiger charge is -2.35. The highest BCUT2D eigenvalue weighted by atomic mass is 16.2. The molecule has 2 aliphatic rings. The van der Waals surface area contributed by atoms with E-state index in [9.17, 15) is 9.59 Å². The standard InChI is InChI=1S/C18H22N4O2/c1-2-21-8-10-22(11-9-21)17(24)18(6-7-18)16(23)20-15-5-3-4-14(12-15)13-19/h3-5,12H,2,6-11H2,1H3,(H,20,23). The third-order valence-corrected chi connectivity index (χ3v) is 4.95. The van der Waals surface area contributed by atoms with E-state index in [-0.39, 0.29) is 11.8 Å². The number of anilines is 1. The summed E-state index contributed by atoms with van der Waals surface area (Å²) in [6, 6.07) is 8.81. The van der Waals surface area contributed by atoms with Crippen molar-refractivity contribution in [2.75, 3.05) is 38.0 Å². The van der Waals surface area contributed by atoms with E-state index in [1.54, 1.807) is 24.3 Å². The van der Waals surface area contributed by atoms with Gasteiger partial charge in [-0.05, 0) is 37.6 Å². The number of hydrogen-bond donors (Lipinski definition) is 1. The minimum Gasteiger partial charge on any atom is -0.339 e. The maximum absolute atomic E-state index is 12.8. The van der Waals surface area contributed by atoms with E-state index < -0.39 is 5.41 Å². The van der Waals surface area contributed by atoms with Crippen molar-refractivity contribution >= 4 is 17.5 Å². The number of nitrogens with zero attached hydrogens (tertiary/aromatic N) is 3. The van der Waals surface area contributed by atoms with Crippen LogP contribution in [0.25, 0.3) is 0 Å². The summed E-state index contributed by atoms with van der Waals surface area (Å²) in [7, 11) is 0. The van der Waals surface area contributed by atoms with E-state index in [2.05, 4.69) is 17.1 Å². The summed E-state index contributed by atoms with van der Waals surface area (Å²) >= 11 is 0. The summed E-state index contributed by atoms with van der Waals surface area (Å²) in [5.74, 6) is -0.298. The molecule has 0 bridgehead atoms. The van der Waals surface area contributed by atoms with Crippen LogP contribution >= 0.6 is 0 Å². The highest BCUT2D eigenvalue weighted by Gasteiger charge is 2.58. The Labute approximate surface area is 142 Å². The molecule has 1 aliphatic carbocycles. The van der Waals surface area contributed by atoms with E-state index in [1.807, 2.05) is 11.0 Å². The summed E-state index contributed by atoms with van der Waals surface area (Å²) in [5, 5.41) is 11.8. The van der Waals surface area contributed by atoms with Crippen LogP contribution in [0.15, 0.2) is 24.3 Å². The fraction of sp³-hybridized carbons (Fsp3) is 0.500. The molecule has 0 unspecified atom stereocenters. The lowest BCUT2D eigenvalue weighted by molar-refractivity contribution is -0.143. The van der Waals surface area contributed by atoms with Crippen LogP contribution in [0.2, 0.25) is 0 Å². The molecule has 2 fully saturated rings. The van der Waals surface area contributed by atoms with Gasteiger partial charge in [-0.15, -0.1) is 0 Å². The van der Waals surface area contributed by atoms with Crippen LogP contribution in [0.5, 0.6) is 0 Å². The molecule has 1 heterocycles. The minimum absolute atomic E-state index is 0.0489. The first-order valence-electron chi connectivity index (χ1n) is 8.42. The molecule has 0 atom stereocenters. The molecule has 126 valence electrons. The maximum atomic E-state index is 12.8. The van der Waals surface area contributed by atoms with Crippen molar-refractivity contribution in [1.29, 1.82) is 5.26 Å². The number of benzene rings is 1. The molecule has 1 N–H and O–H groups in total. The zero-order valence-electron chi connectivity index (χ0n) is 13.9. The van der Waals surface area contributed by atoms with Gasteiger partial charge in [0.2, 0.25) is 11.8 Å². The van der Waals surface area contributed by atoms with Crippen molar-refractivity contribution in [2.24, 2.45) is 5.41 Å². The Kier molecular flexibility index (Phi) is 4.54. The molecule has 0 aromatic heterocycles. The first kappa shape index (κ1) is 16.5. The zero-order valence-corrected chi connectivity index (χ0v) is 13.9. The van der Waals surface area contributed by atoms with Crippen molar-refractivity contribution < 1.29 is 9.59 Å². The molecule has 6 nitrogen and oxygen atoms in total. The number of carbonyl (C=O) groups excluding carboxylic acids is 2. The summed E-state index contributed by atoms with van der Waals surface area (Å²) in [4.78, 5) is 29.6. The fourth-order valence-corrected chi connectivity index (χ4v) is 3.15. The van der Waals surface area contributed by atoms with Gasteiger partial charge in [0, 0.05) is 31.9 Å². The topological polar surface area (TPSA) is 76.4 Å². The summed E-state index contributed by atoms with van der Waals surface area (Å²) in [5.41, 5.74) is 0.144. The highest BCUT2D eigenvalue weighted by Crippen LogP contribution is 2.48. The van der Waals surface area contributed by atoms with Crippen LogP contribution in [0.3, 0.4) is 0 Å². The number of hydrogen-bond acceptors (Lipinski definition) is 4. The van der Waals surface area contributed by atoms with Gasteiger partial charge in [-0.2, -0.15) is 5.26 Å². The zero-order chi connectivity index (χ0) is 17.2. The van der Waals surface area contributed by atoms with E-state index in [1.165, 1.54) is 0 Å². The Balaban J connectivity index is 1.66. The molecular weight excluding hydrogens is 304 g/mol. The quantitative estimate of drug-likeness (QED) is 0.850. The Morgan fingerprint density at radius 2 is 1.96 bits per heavy atom. The summed E-state index contributed by atoms with van der Waals surface area (Å²) in [6.45, 7) is 6.21. The lowest BCUT2D eigenvalue weighted by Crippen LogP contribution is -2.52. The van der Waals surface area contributed by atoms with Crippen LogP contribution in [0, 0.1) is 16.7 Å². The van der Waals surface area contributed by atoms with Gasteiger partial charge in [0.1, 0.15) is 5.41 Å². The van der Waals surface area contributed by atoms with Gasteiger partial charge in [0.05, 0.1) is 11.6 Å². The van der Waals surface area contributed by atoms with E-state index in [4.69, 9.17) is 5.26 Å². The Morgan fingerprint density at radius 3 is 2.54 bits per heavy atom. The Hall–Kier alpha value is -2.39. The normalized spacial score (nSPS) is 19.4. The van der Waals surface area contributed by atoms with Crippen LogP contribution in [-0.4, -0.2) is 54.3 Å². The third-order valence-electron chi connectivity index (χ3n) is 4.95. The second kappa shape index (κ2) is 6.62. The first-order chi connectivity index (χ1) is 11.6. The molecule has 0 spiro atoms. The molecular formula is C18H22N4O2. The molecule has 1 aromatic carbocycles. The largest absolute Gasteiger partial charge is 0.339 e. The Bertz CT molecular complexity index is 683. The Morgan fingerprint density at radius 1 is 1.25 bits per heavy atom. The molecule has 1 aromatic rings. The molecule has 3 rings (SSSR count). The predicted octanol–water partition coefficient (Wildman–Crippen LogP) is 1.44. The highest BCUT2D eigenvalue weighted by molar-refractivity contribution is 6.13. The third kappa shape index (κ3) is 3.13. The average molecular weight is 326 g/mol. The fourth-order valence-electron chi connectivity index (χ4n) is 3.15. The molecule has 0 radical (unpaired) electrons.